The van der Waals surface area contributed by atoms with Crippen LogP contribution in [0.5, 0.6) is 0 Å². The Balaban J connectivity index is 2.04. The predicted molar refractivity (Wildman–Crippen MR) is 84.3 cm³/mol. The molecule has 0 atom stereocenters. The van der Waals surface area contributed by atoms with E-state index in [9.17, 15) is 0 Å². The number of rotatable bonds is 7. The van der Waals surface area contributed by atoms with Crippen molar-refractivity contribution in [2.24, 2.45) is 0 Å². The zero-order valence-electron chi connectivity index (χ0n) is 12.5. The van der Waals surface area contributed by atoms with E-state index < -0.39 is 0 Å². The van der Waals surface area contributed by atoms with Gasteiger partial charge >= 0.3 is 0 Å². The predicted octanol–water partition coefficient (Wildman–Crippen LogP) is 1.82. The van der Waals surface area contributed by atoms with E-state index in [2.05, 4.69) is 33.5 Å². The minimum absolute atomic E-state index is 0.552. The molecule has 0 bridgehead atoms. The Hall–Kier alpha value is -1.79. The van der Waals surface area contributed by atoms with Crippen LogP contribution >= 0.6 is 11.3 Å². The Morgan fingerprint density at radius 3 is 3.00 bits per heavy atom. The number of thiazole rings is 1. The molecule has 2 aromatic heterocycles. The van der Waals surface area contributed by atoms with E-state index in [1.54, 1.807) is 23.6 Å². The number of nitrogens with zero attached hydrogens (tertiary/aromatic N) is 3. The molecule has 0 fully saturated rings. The van der Waals surface area contributed by atoms with Crippen molar-refractivity contribution in [2.75, 3.05) is 18.9 Å². The second-order valence-corrected chi connectivity index (χ2v) is 5.74. The first-order valence-electron chi connectivity index (χ1n) is 6.85. The molecule has 0 amide bonds. The summed E-state index contributed by atoms with van der Waals surface area (Å²) in [6.07, 6.45) is 4.48. The summed E-state index contributed by atoms with van der Waals surface area (Å²) in [4.78, 5) is 9.74. The molecule has 2 N–H and O–H groups in total. The average molecular weight is 305 g/mol. The molecule has 5 nitrogen and oxygen atoms in total. The smallest absolute Gasteiger partial charge is 0.225 e. The van der Waals surface area contributed by atoms with Crippen molar-refractivity contribution in [3.05, 3.63) is 46.3 Å². The summed E-state index contributed by atoms with van der Waals surface area (Å²) in [5, 5.41) is 0. The SMILES string of the molecule is C=CCOCCc1sc[n+](Cc2cnc(C)nc2N)c1C. The van der Waals surface area contributed by atoms with Crippen LogP contribution in [-0.4, -0.2) is 23.2 Å². The van der Waals surface area contributed by atoms with Crippen molar-refractivity contribution in [1.29, 1.82) is 0 Å². The molecule has 0 saturated heterocycles. The number of nitrogen functional groups attached to an aromatic ring is 1. The summed E-state index contributed by atoms with van der Waals surface area (Å²) < 4.78 is 7.62. The Kier molecular flexibility index (Phi) is 5.41. The number of anilines is 1. The summed E-state index contributed by atoms with van der Waals surface area (Å²) in [6, 6.07) is 0. The van der Waals surface area contributed by atoms with Gasteiger partial charge in [0.2, 0.25) is 5.51 Å². The monoisotopic (exact) mass is 305 g/mol. The number of aromatic nitrogens is 3. The highest BCUT2D eigenvalue weighted by Crippen LogP contribution is 2.14. The lowest BCUT2D eigenvalue weighted by atomic mass is 10.2. The molecule has 0 spiro atoms. The lowest BCUT2D eigenvalue weighted by Gasteiger charge is -2.02. The first-order valence-corrected chi connectivity index (χ1v) is 7.72. The fourth-order valence-corrected chi connectivity index (χ4v) is 2.97. The number of nitrogens with two attached hydrogens (primary N) is 1. The van der Waals surface area contributed by atoms with Gasteiger partial charge in [-0.05, 0) is 6.92 Å². The second-order valence-electron chi connectivity index (χ2n) is 4.80. The minimum Gasteiger partial charge on any atom is -0.383 e. The van der Waals surface area contributed by atoms with Crippen molar-refractivity contribution in [3.8, 4) is 0 Å². The maximum Gasteiger partial charge on any atom is 0.225 e. The van der Waals surface area contributed by atoms with Gasteiger partial charge in [0.1, 0.15) is 11.6 Å². The van der Waals surface area contributed by atoms with Gasteiger partial charge in [-0.2, -0.15) is 4.57 Å². The quantitative estimate of drug-likeness (QED) is 0.481. The van der Waals surface area contributed by atoms with Crippen molar-refractivity contribution in [1.82, 2.24) is 9.97 Å². The van der Waals surface area contributed by atoms with Gasteiger partial charge in [-0.15, -0.1) is 6.58 Å². The van der Waals surface area contributed by atoms with Gasteiger partial charge < -0.3 is 10.5 Å². The molecule has 112 valence electrons. The maximum absolute atomic E-state index is 5.95. The summed E-state index contributed by atoms with van der Waals surface area (Å²) in [7, 11) is 0. The first kappa shape index (κ1) is 15.6. The summed E-state index contributed by atoms with van der Waals surface area (Å²) in [5.41, 5.74) is 10.2. The average Bonchev–Trinajstić information content (AvgIpc) is 2.79. The lowest BCUT2D eigenvalue weighted by molar-refractivity contribution is -0.689. The Labute approximate surface area is 129 Å². The molecule has 2 heterocycles. The molecule has 6 heteroatoms. The first-order chi connectivity index (χ1) is 10.1. The number of ether oxygens (including phenoxy) is 1. The van der Waals surface area contributed by atoms with Gasteiger partial charge in [0.25, 0.3) is 0 Å². The van der Waals surface area contributed by atoms with Gasteiger partial charge in [-0.1, -0.05) is 17.4 Å². The van der Waals surface area contributed by atoms with E-state index in [1.807, 2.05) is 6.92 Å². The molecule has 0 saturated carbocycles. The molecule has 0 aliphatic rings. The highest BCUT2D eigenvalue weighted by molar-refractivity contribution is 7.09. The molecule has 0 radical (unpaired) electrons. The highest BCUT2D eigenvalue weighted by Gasteiger charge is 2.17. The van der Waals surface area contributed by atoms with Crippen LogP contribution in [0.25, 0.3) is 0 Å². The summed E-state index contributed by atoms with van der Waals surface area (Å²) >= 11 is 1.74. The molecular formula is C15H21N4OS+. The van der Waals surface area contributed by atoms with Crippen LogP contribution in [0.4, 0.5) is 5.82 Å². The van der Waals surface area contributed by atoms with E-state index in [0.717, 1.165) is 12.0 Å². The van der Waals surface area contributed by atoms with Gasteiger partial charge in [-0.25, -0.2) is 9.97 Å². The zero-order chi connectivity index (χ0) is 15.2. The number of aryl methyl sites for hydroxylation is 1. The van der Waals surface area contributed by atoms with Crippen LogP contribution in [0.2, 0.25) is 0 Å². The van der Waals surface area contributed by atoms with Gasteiger partial charge in [0.05, 0.1) is 23.7 Å². The second kappa shape index (κ2) is 7.28. The molecule has 0 aliphatic carbocycles. The van der Waals surface area contributed by atoms with Gasteiger partial charge in [-0.3, -0.25) is 0 Å². The highest BCUT2D eigenvalue weighted by atomic mass is 32.1. The number of hydrogen-bond donors (Lipinski definition) is 1. The zero-order valence-corrected chi connectivity index (χ0v) is 13.3. The summed E-state index contributed by atoms with van der Waals surface area (Å²) in [5.74, 6) is 1.25. The van der Waals surface area contributed by atoms with Crippen LogP contribution < -0.4 is 10.3 Å². The van der Waals surface area contributed by atoms with Crippen molar-refractivity contribution in [3.63, 3.8) is 0 Å². The van der Waals surface area contributed by atoms with Crippen LogP contribution in [0.3, 0.4) is 0 Å². The van der Waals surface area contributed by atoms with Crippen LogP contribution in [0, 0.1) is 13.8 Å². The van der Waals surface area contributed by atoms with Crippen LogP contribution in [0.1, 0.15) is 22.0 Å². The standard InChI is InChI=1S/C15H21N4OS/c1-4-6-20-7-5-14-11(2)19(10-21-14)9-13-8-17-12(3)18-15(13)16/h4,8,10H,1,5-7,9H2,2-3H3,(H2,16,17,18)/q+1. The molecule has 0 aliphatic heterocycles. The molecule has 2 rings (SSSR count). The van der Waals surface area contributed by atoms with Crippen LogP contribution in [0.15, 0.2) is 24.4 Å². The molecule has 0 unspecified atom stereocenters. The van der Waals surface area contributed by atoms with E-state index >= 15 is 0 Å². The normalized spacial score (nSPS) is 10.8. The Bertz CT molecular complexity index is 624. The number of hydrogen-bond acceptors (Lipinski definition) is 5. The molecule has 21 heavy (non-hydrogen) atoms. The van der Waals surface area contributed by atoms with E-state index in [0.29, 0.717) is 31.4 Å². The van der Waals surface area contributed by atoms with Gasteiger partial charge in [0, 0.05) is 19.5 Å². The van der Waals surface area contributed by atoms with Crippen LogP contribution in [-0.2, 0) is 17.7 Å². The third kappa shape index (κ3) is 4.09. The largest absolute Gasteiger partial charge is 0.383 e. The lowest BCUT2D eigenvalue weighted by Crippen LogP contribution is -2.35. The minimum atomic E-state index is 0.552. The third-order valence-electron chi connectivity index (χ3n) is 3.22. The van der Waals surface area contributed by atoms with E-state index in [4.69, 9.17) is 10.5 Å². The molecule has 2 aromatic rings. The van der Waals surface area contributed by atoms with Crippen molar-refractivity contribution in [2.45, 2.75) is 26.8 Å². The fraction of sp³-hybridized carbons (Fsp3) is 0.400. The fourth-order valence-electron chi connectivity index (χ4n) is 2.00. The maximum atomic E-state index is 5.95. The molecular weight excluding hydrogens is 284 g/mol. The Morgan fingerprint density at radius 2 is 2.29 bits per heavy atom. The van der Waals surface area contributed by atoms with Crippen molar-refractivity contribution < 1.29 is 9.30 Å². The molecule has 0 aromatic carbocycles. The van der Waals surface area contributed by atoms with Crippen molar-refractivity contribution >= 4 is 17.2 Å². The summed E-state index contributed by atoms with van der Waals surface area (Å²) in [6.45, 7) is 9.60. The third-order valence-corrected chi connectivity index (χ3v) is 4.37. The van der Waals surface area contributed by atoms with E-state index in [1.165, 1.54) is 10.6 Å². The Morgan fingerprint density at radius 1 is 1.48 bits per heavy atom. The topological polar surface area (TPSA) is 64.9 Å². The van der Waals surface area contributed by atoms with E-state index in [-0.39, 0.29) is 0 Å². The van der Waals surface area contributed by atoms with Gasteiger partial charge in [0.15, 0.2) is 12.2 Å².